The molecule has 9 heteroatoms. The number of thiazole rings is 1. The lowest BCUT2D eigenvalue weighted by Crippen LogP contribution is -2.57. The van der Waals surface area contributed by atoms with Crippen LogP contribution in [-0.4, -0.2) is 74.0 Å². The molecule has 1 spiro atoms. The molecule has 2 saturated heterocycles. The molecular formula is C28H45N3O3S2Si. The molecule has 6 nitrogen and oxygen atoms in total. The fourth-order valence-electron chi connectivity index (χ4n) is 4.77. The van der Waals surface area contributed by atoms with Gasteiger partial charge in [-0.3, -0.25) is 9.69 Å². The quantitative estimate of drug-likeness (QED) is 0.348. The number of carbonyl (C=O) groups is 1. The Kier molecular flexibility index (Phi) is 9.03. The molecule has 1 amide bonds. The minimum Gasteiger partial charge on any atom is -0.416 e. The van der Waals surface area contributed by atoms with Crippen LogP contribution in [-0.2, 0) is 22.1 Å². The van der Waals surface area contributed by atoms with Gasteiger partial charge in [0.05, 0.1) is 23.8 Å². The van der Waals surface area contributed by atoms with Crippen LogP contribution in [0.5, 0.6) is 0 Å². The van der Waals surface area contributed by atoms with Gasteiger partial charge in [0.2, 0.25) is 0 Å². The number of likely N-dealkylation sites (tertiary alicyclic amines) is 1. The van der Waals surface area contributed by atoms with Crippen LogP contribution in [0.2, 0.25) is 18.1 Å². The monoisotopic (exact) mass is 563 g/mol. The molecule has 2 aromatic rings. The van der Waals surface area contributed by atoms with Crippen molar-refractivity contribution < 1.29 is 14.0 Å². The second kappa shape index (κ2) is 11.6. The van der Waals surface area contributed by atoms with E-state index in [0.29, 0.717) is 31.3 Å². The molecule has 206 valence electrons. The van der Waals surface area contributed by atoms with Crippen molar-refractivity contribution in [2.45, 2.75) is 90.1 Å². The molecule has 0 bridgehead atoms. The molecule has 0 N–H and O–H groups in total. The Morgan fingerprint density at radius 2 is 1.92 bits per heavy atom. The van der Waals surface area contributed by atoms with Gasteiger partial charge in [-0.25, -0.2) is 4.98 Å². The topological polar surface area (TPSA) is 54.9 Å². The molecule has 37 heavy (non-hydrogen) atoms. The van der Waals surface area contributed by atoms with Crippen molar-refractivity contribution in [2.75, 3.05) is 39.4 Å². The van der Waals surface area contributed by atoms with E-state index in [1.54, 1.807) is 11.3 Å². The molecule has 0 radical (unpaired) electrons. The third-order valence-electron chi connectivity index (χ3n) is 8.27. The zero-order valence-electron chi connectivity index (χ0n) is 23.8. The summed E-state index contributed by atoms with van der Waals surface area (Å²) in [4.78, 5) is 23.7. The van der Waals surface area contributed by atoms with E-state index < -0.39 is 8.32 Å². The van der Waals surface area contributed by atoms with Crippen molar-refractivity contribution in [3.63, 3.8) is 0 Å². The second-order valence-electron chi connectivity index (χ2n) is 12.5. The van der Waals surface area contributed by atoms with Crippen LogP contribution in [0.15, 0.2) is 16.8 Å². The van der Waals surface area contributed by atoms with Crippen molar-refractivity contribution in [3.05, 3.63) is 38.0 Å². The Balaban J connectivity index is 1.25. The second-order valence-corrected chi connectivity index (χ2v) is 19.2. The number of hydrogen-bond acceptors (Lipinski definition) is 7. The number of nitrogens with zero attached hydrogens (tertiary/aromatic N) is 3. The minimum atomic E-state index is -1.68. The van der Waals surface area contributed by atoms with Gasteiger partial charge in [0, 0.05) is 55.4 Å². The van der Waals surface area contributed by atoms with E-state index in [1.165, 1.54) is 10.4 Å². The highest BCUT2D eigenvalue weighted by atomic mass is 32.1. The summed E-state index contributed by atoms with van der Waals surface area (Å²) in [5.41, 5.74) is 1.77. The van der Waals surface area contributed by atoms with Gasteiger partial charge in [-0.15, -0.1) is 22.7 Å². The third kappa shape index (κ3) is 7.11. The first-order valence-electron chi connectivity index (χ1n) is 13.7. The van der Waals surface area contributed by atoms with Gasteiger partial charge in [-0.2, -0.15) is 0 Å². The molecule has 0 atom stereocenters. The maximum absolute atomic E-state index is 13.1. The van der Waals surface area contributed by atoms with Crippen LogP contribution < -0.4 is 0 Å². The van der Waals surface area contributed by atoms with Crippen molar-refractivity contribution >= 4 is 36.9 Å². The van der Waals surface area contributed by atoms with E-state index in [2.05, 4.69) is 69.0 Å². The zero-order chi connectivity index (χ0) is 26.8. The first-order chi connectivity index (χ1) is 17.4. The van der Waals surface area contributed by atoms with E-state index in [1.807, 2.05) is 21.6 Å². The Hall–Kier alpha value is -1.10. The highest BCUT2D eigenvalue weighted by molar-refractivity contribution is 7.10. The Labute approximate surface area is 232 Å². The Morgan fingerprint density at radius 1 is 1.19 bits per heavy atom. The van der Waals surface area contributed by atoms with Crippen molar-refractivity contribution in [1.29, 1.82) is 0 Å². The van der Waals surface area contributed by atoms with Gasteiger partial charge in [0.1, 0.15) is 5.69 Å². The Morgan fingerprint density at radius 3 is 2.57 bits per heavy atom. The van der Waals surface area contributed by atoms with Crippen LogP contribution in [0.1, 0.15) is 79.3 Å². The first-order valence-corrected chi connectivity index (χ1v) is 18.4. The summed E-state index contributed by atoms with van der Waals surface area (Å²) in [6.07, 6.45) is 2.92. The summed E-state index contributed by atoms with van der Waals surface area (Å²) in [7, 11) is -1.68. The lowest BCUT2D eigenvalue weighted by Gasteiger charge is -2.47. The minimum absolute atomic E-state index is 0.0524. The predicted octanol–water partition coefficient (Wildman–Crippen LogP) is 6.40. The van der Waals surface area contributed by atoms with Gasteiger partial charge in [0.15, 0.2) is 8.32 Å². The van der Waals surface area contributed by atoms with Crippen LogP contribution in [0.3, 0.4) is 0 Å². The SMILES string of the molecule is CC(C)c1nc(C(=O)N2CCOC3(CCN(Cc4csc(CCO[Si](C)(C)C(C)(C)C)c4)CC3)C2)cs1. The number of morpholine rings is 1. The van der Waals surface area contributed by atoms with Crippen LogP contribution in [0.25, 0.3) is 0 Å². The third-order valence-corrected chi connectivity index (χ3v) is 15.0. The fraction of sp³-hybridized carbons (Fsp3) is 0.714. The number of amides is 1. The maximum atomic E-state index is 13.1. The van der Waals surface area contributed by atoms with Crippen molar-refractivity contribution in [1.82, 2.24) is 14.8 Å². The highest BCUT2D eigenvalue weighted by Crippen LogP contribution is 2.37. The number of ether oxygens (including phenoxy) is 1. The van der Waals surface area contributed by atoms with E-state index in [9.17, 15) is 4.79 Å². The molecular weight excluding hydrogens is 519 g/mol. The number of rotatable bonds is 8. The van der Waals surface area contributed by atoms with Gasteiger partial charge < -0.3 is 14.1 Å². The molecule has 0 aliphatic carbocycles. The molecule has 2 fully saturated rings. The summed E-state index contributed by atoms with van der Waals surface area (Å²) >= 11 is 3.44. The number of hydrogen-bond donors (Lipinski definition) is 0. The van der Waals surface area contributed by atoms with Crippen molar-refractivity contribution in [2.24, 2.45) is 0 Å². The average molecular weight is 564 g/mol. The van der Waals surface area contributed by atoms with E-state index in [-0.39, 0.29) is 16.5 Å². The van der Waals surface area contributed by atoms with Gasteiger partial charge in [0.25, 0.3) is 5.91 Å². The van der Waals surface area contributed by atoms with Gasteiger partial charge >= 0.3 is 0 Å². The number of aromatic nitrogens is 1. The maximum Gasteiger partial charge on any atom is 0.273 e. The lowest BCUT2D eigenvalue weighted by molar-refractivity contribution is -0.128. The van der Waals surface area contributed by atoms with Gasteiger partial charge in [-0.1, -0.05) is 34.6 Å². The smallest absolute Gasteiger partial charge is 0.273 e. The van der Waals surface area contributed by atoms with E-state index in [4.69, 9.17) is 9.16 Å². The number of carbonyl (C=O) groups excluding carboxylic acids is 1. The highest BCUT2D eigenvalue weighted by Gasteiger charge is 2.41. The predicted molar refractivity (Wildman–Crippen MR) is 156 cm³/mol. The summed E-state index contributed by atoms with van der Waals surface area (Å²) in [5, 5.41) is 5.50. The summed E-state index contributed by atoms with van der Waals surface area (Å²) in [6.45, 7) is 21.5. The molecule has 0 unspecified atom stereocenters. The standard InChI is InChI=1S/C28H45N3O3S2Si/c1-21(2)25-29-24(19-36-25)26(32)31-13-15-33-28(20-31)9-11-30(12-10-28)17-22-16-23(35-18-22)8-14-34-37(6,7)27(3,4)5/h16,18-19,21H,8-15,17,20H2,1-7H3. The first kappa shape index (κ1) is 28.9. The van der Waals surface area contributed by atoms with Crippen molar-refractivity contribution in [3.8, 4) is 0 Å². The molecule has 2 aliphatic heterocycles. The lowest BCUT2D eigenvalue weighted by atomic mass is 9.89. The molecule has 2 aromatic heterocycles. The van der Waals surface area contributed by atoms with Crippen LogP contribution in [0.4, 0.5) is 0 Å². The number of thiophene rings is 1. The largest absolute Gasteiger partial charge is 0.416 e. The summed E-state index contributed by atoms with van der Waals surface area (Å²) < 4.78 is 12.7. The molecule has 2 aliphatic rings. The normalized spacial score (nSPS) is 19.2. The van der Waals surface area contributed by atoms with E-state index >= 15 is 0 Å². The molecule has 4 heterocycles. The zero-order valence-corrected chi connectivity index (χ0v) is 26.4. The fourth-order valence-corrected chi connectivity index (χ4v) is 7.49. The molecule has 0 aromatic carbocycles. The van der Waals surface area contributed by atoms with Crippen LogP contribution >= 0.6 is 22.7 Å². The van der Waals surface area contributed by atoms with Gasteiger partial charge in [-0.05, 0) is 48.0 Å². The number of piperidine rings is 1. The Bertz CT molecular complexity index is 1050. The van der Waals surface area contributed by atoms with E-state index in [0.717, 1.165) is 50.5 Å². The molecule has 4 rings (SSSR count). The summed E-state index contributed by atoms with van der Waals surface area (Å²) in [5.74, 6) is 0.401. The summed E-state index contributed by atoms with van der Waals surface area (Å²) in [6, 6.07) is 2.36. The van der Waals surface area contributed by atoms with Crippen LogP contribution in [0, 0.1) is 0 Å². The average Bonchev–Trinajstić information content (AvgIpc) is 3.50. The molecule has 0 saturated carbocycles.